The maximum atomic E-state index is 11.3. The molecule has 0 heterocycles. The zero-order chi connectivity index (χ0) is 19.4. The van der Waals surface area contributed by atoms with Gasteiger partial charge in [0.25, 0.3) is 5.91 Å². The normalized spacial score (nSPS) is 10.5. The second-order valence-corrected chi connectivity index (χ2v) is 5.75. The van der Waals surface area contributed by atoms with Gasteiger partial charge < -0.3 is 16.4 Å². The lowest BCUT2D eigenvalue weighted by molar-refractivity contribution is -0.114. The highest BCUT2D eigenvalue weighted by atomic mass is 32.2. The van der Waals surface area contributed by atoms with Crippen LogP contribution in [0.15, 0.2) is 58.2 Å². The van der Waals surface area contributed by atoms with Crippen LogP contribution in [-0.2, 0) is 9.59 Å². The minimum absolute atomic E-state index is 0.146. The van der Waals surface area contributed by atoms with Crippen LogP contribution in [0.25, 0.3) is 10.8 Å². The van der Waals surface area contributed by atoms with Crippen molar-refractivity contribution in [3.05, 3.63) is 53.2 Å². The summed E-state index contributed by atoms with van der Waals surface area (Å²) in [6, 6.07) is 14.3. The lowest BCUT2D eigenvalue weighted by Crippen LogP contribution is -2.19. The lowest BCUT2D eigenvalue weighted by atomic mass is 10.1. The van der Waals surface area contributed by atoms with E-state index in [1.807, 2.05) is 18.2 Å². The number of amides is 1. The number of rotatable bonds is 7. The third kappa shape index (κ3) is 6.34. The average molecular weight is 368 g/mol. The van der Waals surface area contributed by atoms with Crippen LogP contribution in [0.2, 0.25) is 0 Å². The number of thioether (sulfide) groups is 1. The molecule has 0 bridgehead atoms. The maximum Gasteiger partial charge on any atom is 0.269 e. The van der Waals surface area contributed by atoms with Crippen LogP contribution in [-0.4, -0.2) is 31.8 Å². The van der Waals surface area contributed by atoms with E-state index in [0.717, 1.165) is 5.69 Å². The number of nitrogens with zero attached hydrogens (tertiary/aromatic N) is 1. The van der Waals surface area contributed by atoms with Gasteiger partial charge in [0.2, 0.25) is 0 Å². The fraction of sp³-hybridized carbons (Fsp3) is 0.105. The second-order valence-electron chi connectivity index (χ2n) is 4.76. The van der Waals surface area contributed by atoms with E-state index >= 15 is 0 Å². The Labute approximate surface area is 156 Å². The van der Waals surface area contributed by atoms with Gasteiger partial charge in [-0.3, -0.25) is 14.6 Å². The molecule has 0 aliphatic heterocycles. The Kier molecular flexibility index (Phi) is 9.07. The van der Waals surface area contributed by atoms with Gasteiger partial charge in [0.15, 0.2) is 12.0 Å². The maximum absolute atomic E-state index is 11.3. The summed E-state index contributed by atoms with van der Waals surface area (Å²) in [5, 5.41) is 9.18. The first-order chi connectivity index (χ1) is 12.6. The molecule has 26 heavy (non-hydrogen) atoms. The molecule has 2 aromatic carbocycles. The summed E-state index contributed by atoms with van der Waals surface area (Å²) >= 11 is 1.41. The molecule has 0 fully saturated rings. The Balaban J connectivity index is 0.000000765. The summed E-state index contributed by atoms with van der Waals surface area (Å²) in [6.07, 6.45) is 4.81. The fourth-order valence-corrected chi connectivity index (χ4v) is 2.84. The minimum atomic E-state index is -0.599. The standard InChI is InChI=1S/C16H18N4OS.C3H2O/c1-18-14(15(17)21)16(19-2)22-10-20-13-8-7-11-5-3-4-6-12(11)9-13;1-2-3-4/h3-9,19-20H,1,10H2,2H3,(H2,17,21);1,3H/b16-14-;. The number of aliphatic imine (C=N–C) groups is 1. The number of aldehydes is 1. The molecule has 6 nitrogen and oxygen atoms in total. The highest BCUT2D eigenvalue weighted by Gasteiger charge is 2.10. The topological polar surface area (TPSA) is 96.6 Å². The third-order valence-corrected chi connectivity index (χ3v) is 4.12. The molecule has 0 aromatic heterocycles. The predicted octanol–water partition coefficient (Wildman–Crippen LogP) is 2.34. The van der Waals surface area contributed by atoms with Crippen molar-refractivity contribution in [2.75, 3.05) is 18.2 Å². The summed E-state index contributed by atoms with van der Waals surface area (Å²) in [7, 11) is 1.71. The van der Waals surface area contributed by atoms with E-state index in [4.69, 9.17) is 10.5 Å². The number of fused-ring (bicyclic) bond motifs is 1. The van der Waals surface area contributed by atoms with Crippen molar-refractivity contribution in [3.8, 4) is 12.3 Å². The van der Waals surface area contributed by atoms with E-state index < -0.39 is 5.91 Å². The number of nitrogens with one attached hydrogen (secondary N) is 2. The van der Waals surface area contributed by atoms with E-state index in [0.29, 0.717) is 17.2 Å². The third-order valence-electron chi connectivity index (χ3n) is 3.14. The van der Waals surface area contributed by atoms with Crippen molar-refractivity contribution in [1.82, 2.24) is 5.32 Å². The zero-order valence-electron chi connectivity index (χ0n) is 14.4. The number of terminal acetylenes is 1. The van der Waals surface area contributed by atoms with Gasteiger partial charge in [-0.2, -0.15) is 0 Å². The van der Waals surface area contributed by atoms with Gasteiger partial charge in [-0.25, -0.2) is 0 Å². The van der Waals surface area contributed by atoms with Gasteiger partial charge in [-0.15, -0.1) is 6.42 Å². The highest BCUT2D eigenvalue weighted by molar-refractivity contribution is 8.03. The zero-order valence-corrected chi connectivity index (χ0v) is 15.2. The Bertz CT molecular complexity index is 856. The largest absolute Gasteiger partial charge is 0.381 e. The Hall–Kier alpha value is -3.24. The van der Waals surface area contributed by atoms with Crippen LogP contribution in [0.3, 0.4) is 0 Å². The predicted molar refractivity (Wildman–Crippen MR) is 110 cm³/mol. The number of hydrogen-bond donors (Lipinski definition) is 3. The van der Waals surface area contributed by atoms with Crippen molar-refractivity contribution in [2.45, 2.75) is 0 Å². The van der Waals surface area contributed by atoms with Crippen molar-refractivity contribution >= 4 is 47.1 Å². The van der Waals surface area contributed by atoms with Crippen LogP contribution in [0, 0.1) is 12.3 Å². The number of carbonyl (C=O) groups excluding carboxylic acids is 2. The van der Waals surface area contributed by atoms with Crippen LogP contribution in [0.5, 0.6) is 0 Å². The van der Waals surface area contributed by atoms with Gasteiger partial charge in [-0.05, 0) is 35.5 Å². The fourth-order valence-electron chi connectivity index (χ4n) is 2.01. The van der Waals surface area contributed by atoms with Crippen LogP contribution in [0.1, 0.15) is 0 Å². The van der Waals surface area contributed by atoms with Crippen molar-refractivity contribution in [1.29, 1.82) is 0 Å². The molecular formula is C19H20N4O2S. The number of anilines is 1. The van der Waals surface area contributed by atoms with Gasteiger partial charge >= 0.3 is 0 Å². The number of nitrogens with two attached hydrogens (primary N) is 1. The summed E-state index contributed by atoms with van der Waals surface area (Å²) in [6.45, 7) is 3.37. The quantitative estimate of drug-likeness (QED) is 0.229. The molecule has 1 amide bonds. The van der Waals surface area contributed by atoms with E-state index in [9.17, 15) is 4.79 Å². The highest BCUT2D eigenvalue weighted by Crippen LogP contribution is 2.21. The number of benzene rings is 2. The number of carbonyl (C=O) groups is 2. The molecule has 7 heteroatoms. The second kappa shape index (κ2) is 11.3. The smallest absolute Gasteiger partial charge is 0.269 e. The summed E-state index contributed by atoms with van der Waals surface area (Å²) in [5.74, 6) is 1.72. The first-order valence-electron chi connectivity index (χ1n) is 7.51. The molecule has 0 spiro atoms. The molecule has 0 atom stereocenters. The molecule has 0 radical (unpaired) electrons. The lowest BCUT2D eigenvalue weighted by Gasteiger charge is -2.11. The monoisotopic (exact) mass is 368 g/mol. The van der Waals surface area contributed by atoms with E-state index in [2.05, 4.69) is 53.0 Å². The van der Waals surface area contributed by atoms with Crippen LogP contribution in [0.4, 0.5) is 5.69 Å². The summed E-state index contributed by atoms with van der Waals surface area (Å²) < 4.78 is 0. The molecular weight excluding hydrogens is 348 g/mol. The Morgan fingerprint density at radius 2 is 2.00 bits per heavy atom. The molecule has 2 aromatic rings. The van der Waals surface area contributed by atoms with E-state index in [-0.39, 0.29) is 5.70 Å². The number of primary amides is 1. The van der Waals surface area contributed by atoms with Gasteiger partial charge in [-0.1, -0.05) is 42.1 Å². The summed E-state index contributed by atoms with van der Waals surface area (Å²) in [4.78, 5) is 23.9. The SMILES string of the molecule is C#CC=O.C=N/C(C(N)=O)=C(/NC)SCNc1ccc2ccccc2c1. The van der Waals surface area contributed by atoms with Crippen LogP contribution < -0.4 is 16.4 Å². The van der Waals surface area contributed by atoms with Crippen molar-refractivity contribution < 1.29 is 9.59 Å². The van der Waals surface area contributed by atoms with Crippen LogP contribution >= 0.6 is 11.8 Å². The molecule has 0 saturated heterocycles. The Morgan fingerprint density at radius 1 is 1.35 bits per heavy atom. The van der Waals surface area contributed by atoms with Gasteiger partial charge in [0.1, 0.15) is 5.03 Å². The molecule has 134 valence electrons. The molecule has 4 N–H and O–H groups in total. The molecule has 0 unspecified atom stereocenters. The first kappa shape index (κ1) is 20.8. The first-order valence-corrected chi connectivity index (χ1v) is 8.49. The van der Waals surface area contributed by atoms with Gasteiger partial charge in [0, 0.05) is 12.7 Å². The van der Waals surface area contributed by atoms with Crippen molar-refractivity contribution in [3.63, 3.8) is 0 Å². The molecule has 2 rings (SSSR count). The van der Waals surface area contributed by atoms with E-state index in [1.54, 1.807) is 13.0 Å². The molecule has 0 aliphatic rings. The van der Waals surface area contributed by atoms with E-state index in [1.165, 1.54) is 22.5 Å². The minimum Gasteiger partial charge on any atom is -0.381 e. The molecule has 0 aliphatic carbocycles. The molecule has 0 saturated carbocycles. The Morgan fingerprint density at radius 3 is 2.54 bits per heavy atom. The summed E-state index contributed by atoms with van der Waals surface area (Å²) in [5.41, 5.74) is 6.42. The average Bonchev–Trinajstić information content (AvgIpc) is 2.67. The van der Waals surface area contributed by atoms with Crippen molar-refractivity contribution in [2.24, 2.45) is 10.7 Å². The number of hydrogen-bond acceptors (Lipinski definition) is 6. The van der Waals surface area contributed by atoms with Gasteiger partial charge in [0.05, 0.1) is 5.88 Å².